The highest BCUT2D eigenvalue weighted by Crippen LogP contribution is 2.45. The van der Waals surface area contributed by atoms with Crippen molar-refractivity contribution in [2.45, 2.75) is 39.5 Å². The van der Waals surface area contributed by atoms with Gasteiger partial charge in [0.25, 0.3) is 0 Å². The number of hydrogen-bond donors (Lipinski definition) is 0. The molecule has 54 heavy (non-hydrogen) atoms. The molecule has 0 fully saturated rings. The molecule has 0 amide bonds. The van der Waals surface area contributed by atoms with Crippen molar-refractivity contribution in [1.29, 1.82) is 0 Å². The number of allylic oxidation sites excluding steroid dienone is 1. The summed E-state index contributed by atoms with van der Waals surface area (Å²) in [5.41, 5.74) is 25.3. The van der Waals surface area contributed by atoms with E-state index >= 15 is 0 Å². The Kier molecular flexibility index (Phi) is 6.17. The topological polar surface area (TPSA) is 9.86 Å². The molecule has 0 bridgehead atoms. The average molecular weight is 691 g/mol. The lowest BCUT2D eigenvalue weighted by molar-refractivity contribution is 0.967. The molecule has 0 unspecified atom stereocenters. The summed E-state index contributed by atoms with van der Waals surface area (Å²) < 4.78 is 4.94. The Morgan fingerprint density at radius 3 is 1.65 bits per heavy atom. The second kappa shape index (κ2) is 11.1. The molecule has 0 aliphatic heterocycles. The molecule has 2 nitrogen and oxygen atoms in total. The van der Waals surface area contributed by atoms with E-state index in [0.29, 0.717) is 0 Å². The third-order valence-corrected chi connectivity index (χ3v) is 12.5. The Bertz CT molecular complexity index is 3120. The summed E-state index contributed by atoms with van der Waals surface area (Å²) in [6.07, 6.45) is 8.84. The molecule has 256 valence electrons. The standard InChI is InChI=1S/C52H38N2/c1-31-11-21-51-47(23-31)41-7-3-5-9-49(41)53(51)39-19-17-37-25-35-15-13-33(27-43(35)45(37)29-39)34-14-16-36-26-38-18-20-40(30-46(38)44(36)28-34)54-50-10-6-4-8-42(50)48-24-32(2)12-22-52(48)54/h3,5-7,9-24,27-30H,4,8,25-26H2,1-2H3. The molecule has 9 aromatic rings. The minimum atomic E-state index is 0.977. The Hall–Kier alpha value is -6.38. The zero-order valence-corrected chi connectivity index (χ0v) is 30.6. The van der Waals surface area contributed by atoms with Gasteiger partial charge in [-0.1, -0.05) is 83.9 Å². The van der Waals surface area contributed by atoms with Gasteiger partial charge < -0.3 is 9.13 Å². The van der Waals surface area contributed by atoms with Gasteiger partial charge in [0, 0.05) is 33.2 Å². The van der Waals surface area contributed by atoms with E-state index < -0.39 is 0 Å². The van der Waals surface area contributed by atoms with Gasteiger partial charge in [0.05, 0.1) is 16.6 Å². The van der Waals surface area contributed by atoms with Crippen molar-refractivity contribution < 1.29 is 0 Å². The van der Waals surface area contributed by atoms with Crippen LogP contribution in [0, 0.1) is 13.8 Å². The summed E-state index contributed by atoms with van der Waals surface area (Å²) in [7, 11) is 0. The number of aromatic nitrogens is 2. The highest BCUT2D eigenvalue weighted by atomic mass is 15.0. The Labute approximate surface area is 315 Å². The summed E-state index contributed by atoms with van der Waals surface area (Å²) in [6.45, 7) is 4.39. The molecule has 7 aromatic carbocycles. The quantitative estimate of drug-likeness (QED) is 0.175. The molecule has 3 aliphatic carbocycles. The smallest absolute Gasteiger partial charge is 0.0541 e. The van der Waals surface area contributed by atoms with Crippen molar-refractivity contribution in [3.8, 4) is 44.8 Å². The first kappa shape index (κ1) is 30.1. The molecule has 0 radical (unpaired) electrons. The Morgan fingerprint density at radius 1 is 0.444 bits per heavy atom. The fraction of sp³-hybridized carbons (Fsp3) is 0.115. The molecule has 0 N–H and O–H groups in total. The van der Waals surface area contributed by atoms with Crippen molar-refractivity contribution in [2.75, 3.05) is 0 Å². The number of aryl methyl sites for hydroxylation is 3. The van der Waals surface area contributed by atoms with Gasteiger partial charge in [0.1, 0.15) is 0 Å². The summed E-state index contributed by atoms with van der Waals surface area (Å²) in [4.78, 5) is 0. The molecule has 0 spiro atoms. The van der Waals surface area contributed by atoms with E-state index in [1.54, 1.807) is 0 Å². The third kappa shape index (κ3) is 4.28. The lowest BCUT2D eigenvalue weighted by Crippen LogP contribution is -2.00. The minimum absolute atomic E-state index is 0.977. The second-order valence-electron chi connectivity index (χ2n) is 15.8. The summed E-state index contributed by atoms with van der Waals surface area (Å²) in [5.74, 6) is 0. The van der Waals surface area contributed by atoms with Crippen LogP contribution >= 0.6 is 0 Å². The van der Waals surface area contributed by atoms with Gasteiger partial charge in [0.15, 0.2) is 0 Å². The molecule has 0 atom stereocenters. The number of rotatable bonds is 3. The van der Waals surface area contributed by atoms with Crippen molar-refractivity contribution in [1.82, 2.24) is 9.13 Å². The van der Waals surface area contributed by atoms with Gasteiger partial charge >= 0.3 is 0 Å². The molecule has 0 saturated heterocycles. The van der Waals surface area contributed by atoms with E-state index in [9.17, 15) is 0 Å². The molecule has 2 aromatic heterocycles. The Morgan fingerprint density at radius 2 is 0.981 bits per heavy atom. The maximum absolute atomic E-state index is 2.49. The number of fused-ring (bicyclic) bond motifs is 12. The monoisotopic (exact) mass is 690 g/mol. The zero-order chi connectivity index (χ0) is 35.7. The van der Waals surface area contributed by atoms with E-state index in [0.717, 1.165) is 25.7 Å². The highest BCUT2D eigenvalue weighted by Gasteiger charge is 2.25. The van der Waals surface area contributed by atoms with Crippen LogP contribution in [0.15, 0.2) is 140 Å². The van der Waals surface area contributed by atoms with E-state index in [-0.39, 0.29) is 0 Å². The number of nitrogens with zero attached hydrogens (tertiary/aromatic N) is 2. The maximum atomic E-state index is 2.49. The van der Waals surface area contributed by atoms with Crippen LogP contribution in [0.3, 0.4) is 0 Å². The van der Waals surface area contributed by atoms with E-state index in [2.05, 4.69) is 169 Å². The van der Waals surface area contributed by atoms with E-state index in [4.69, 9.17) is 0 Å². The summed E-state index contributed by atoms with van der Waals surface area (Å²) in [5, 5.41) is 4.01. The van der Waals surface area contributed by atoms with Crippen LogP contribution in [-0.4, -0.2) is 9.13 Å². The van der Waals surface area contributed by atoms with Crippen LogP contribution in [0.4, 0.5) is 0 Å². The fourth-order valence-electron chi connectivity index (χ4n) is 9.94. The van der Waals surface area contributed by atoms with Gasteiger partial charge in [-0.2, -0.15) is 0 Å². The predicted octanol–water partition coefficient (Wildman–Crippen LogP) is 13.1. The average Bonchev–Trinajstić information content (AvgIpc) is 3.94. The maximum Gasteiger partial charge on any atom is 0.0541 e. The van der Waals surface area contributed by atoms with Gasteiger partial charge in [-0.15, -0.1) is 0 Å². The normalized spacial score (nSPS) is 13.7. The largest absolute Gasteiger partial charge is 0.310 e. The van der Waals surface area contributed by atoms with Gasteiger partial charge in [-0.05, 0) is 174 Å². The first-order valence-corrected chi connectivity index (χ1v) is 19.4. The van der Waals surface area contributed by atoms with Crippen molar-refractivity contribution in [3.05, 3.63) is 184 Å². The number of hydrogen-bond acceptors (Lipinski definition) is 0. The SMILES string of the molecule is Cc1ccc2c(c1)c1c(n2-c2ccc3c(c2)-c2cc(-c4ccc5c(c4)-c4cc(-n6c7ccccc7c7cc(C)ccc76)ccc4C5)ccc2C3)C=CCC1. The van der Waals surface area contributed by atoms with Crippen molar-refractivity contribution >= 4 is 38.8 Å². The molecule has 3 aliphatic rings. The Balaban J connectivity index is 0.951. The first-order valence-electron chi connectivity index (χ1n) is 19.4. The third-order valence-electron chi connectivity index (χ3n) is 12.5. The molecular formula is C52H38N2. The second-order valence-corrected chi connectivity index (χ2v) is 15.8. The van der Waals surface area contributed by atoms with Crippen LogP contribution < -0.4 is 0 Å². The van der Waals surface area contributed by atoms with Gasteiger partial charge in [-0.25, -0.2) is 0 Å². The minimum Gasteiger partial charge on any atom is -0.310 e. The number of benzene rings is 7. The van der Waals surface area contributed by atoms with Crippen LogP contribution in [0.1, 0.15) is 51.1 Å². The zero-order valence-electron chi connectivity index (χ0n) is 30.6. The molecule has 2 heteroatoms. The van der Waals surface area contributed by atoms with Crippen molar-refractivity contribution in [2.24, 2.45) is 0 Å². The van der Waals surface area contributed by atoms with E-state index in [1.807, 2.05) is 0 Å². The van der Waals surface area contributed by atoms with Gasteiger partial charge in [-0.3, -0.25) is 0 Å². The number of para-hydroxylation sites is 1. The molecule has 12 rings (SSSR count). The molecule has 0 saturated carbocycles. The predicted molar refractivity (Wildman–Crippen MR) is 226 cm³/mol. The highest BCUT2D eigenvalue weighted by molar-refractivity contribution is 6.09. The van der Waals surface area contributed by atoms with Crippen LogP contribution in [-0.2, 0) is 19.3 Å². The lowest BCUT2D eigenvalue weighted by Gasteiger charge is -2.14. The summed E-state index contributed by atoms with van der Waals surface area (Å²) >= 11 is 0. The fourth-order valence-corrected chi connectivity index (χ4v) is 9.94. The van der Waals surface area contributed by atoms with E-state index in [1.165, 1.54) is 122 Å². The van der Waals surface area contributed by atoms with Crippen LogP contribution in [0.2, 0.25) is 0 Å². The first-order chi connectivity index (χ1) is 26.6. The summed E-state index contributed by atoms with van der Waals surface area (Å²) in [6, 6.07) is 51.1. The lowest BCUT2D eigenvalue weighted by atomic mass is 9.95. The van der Waals surface area contributed by atoms with Gasteiger partial charge in [0.2, 0.25) is 0 Å². The molecule has 2 heterocycles. The van der Waals surface area contributed by atoms with Crippen LogP contribution in [0.5, 0.6) is 0 Å². The van der Waals surface area contributed by atoms with Crippen LogP contribution in [0.25, 0.3) is 83.5 Å². The molecular weight excluding hydrogens is 653 g/mol. The van der Waals surface area contributed by atoms with Crippen molar-refractivity contribution in [3.63, 3.8) is 0 Å².